The van der Waals surface area contributed by atoms with Crippen molar-refractivity contribution in [2.24, 2.45) is 11.8 Å². The third kappa shape index (κ3) is 4.04. The topological polar surface area (TPSA) is 59.4 Å². The van der Waals surface area contributed by atoms with Crippen molar-refractivity contribution in [1.29, 1.82) is 0 Å². The first-order valence-electron chi connectivity index (χ1n) is 7.84. The van der Waals surface area contributed by atoms with Gasteiger partial charge in [-0.05, 0) is 44.9 Å². The molecule has 0 unspecified atom stereocenters. The molecule has 4 nitrogen and oxygen atoms in total. The number of esters is 1. The van der Waals surface area contributed by atoms with E-state index in [2.05, 4.69) is 11.9 Å². The number of carbonyl (C=O) groups is 1. The molecule has 1 aliphatic carbocycles. The largest absolute Gasteiger partial charge is 0.465 e. The van der Waals surface area contributed by atoms with E-state index in [1.54, 1.807) is 6.20 Å². The number of aliphatic hydroxyl groups is 1. The number of hydrogen-bond donors (Lipinski definition) is 1. The highest BCUT2D eigenvalue weighted by atomic mass is 32.1. The molecule has 1 aromatic heterocycles. The molecule has 21 heavy (non-hydrogen) atoms. The Morgan fingerprint density at radius 1 is 1.48 bits per heavy atom. The van der Waals surface area contributed by atoms with Gasteiger partial charge in [0.15, 0.2) is 0 Å². The van der Waals surface area contributed by atoms with E-state index in [1.807, 2.05) is 12.3 Å². The van der Waals surface area contributed by atoms with Gasteiger partial charge in [0.2, 0.25) is 0 Å². The van der Waals surface area contributed by atoms with Crippen molar-refractivity contribution in [3.63, 3.8) is 0 Å². The Morgan fingerprint density at radius 2 is 2.19 bits per heavy atom. The summed E-state index contributed by atoms with van der Waals surface area (Å²) in [5.74, 6) is 0.115. The lowest BCUT2D eigenvalue weighted by Crippen LogP contribution is -2.36. The standard InChI is InChI=1S/C16H25NO3S/c1-3-4-10-20-14(18)12-5-7-13(8-6-12)16(2,19)15-17-9-11-21-15/h9,11-13,19H,3-8,10H2,1-2H3/t12?,13?,16-/m1/s1. The fraction of sp³-hybridized carbons (Fsp3) is 0.750. The summed E-state index contributed by atoms with van der Waals surface area (Å²) in [5, 5.41) is 13.4. The fourth-order valence-electron chi connectivity index (χ4n) is 2.97. The highest BCUT2D eigenvalue weighted by molar-refractivity contribution is 7.09. The zero-order valence-corrected chi connectivity index (χ0v) is 13.7. The van der Waals surface area contributed by atoms with Crippen molar-refractivity contribution < 1.29 is 14.6 Å². The summed E-state index contributed by atoms with van der Waals surface area (Å²) < 4.78 is 5.30. The van der Waals surface area contributed by atoms with Gasteiger partial charge in [-0.1, -0.05) is 13.3 Å². The van der Waals surface area contributed by atoms with Crippen molar-refractivity contribution in [2.45, 2.75) is 58.0 Å². The minimum Gasteiger partial charge on any atom is -0.465 e. The third-order valence-electron chi connectivity index (χ3n) is 4.46. The maximum absolute atomic E-state index is 12.0. The predicted molar refractivity (Wildman–Crippen MR) is 83.0 cm³/mol. The third-order valence-corrected chi connectivity index (χ3v) is 5.46. The Balaban J connectivity index is 1.84. The molecule has 2 rings (SSSR count). The molecule has 1 fully saturated rings. The first kappa shape index (κ1) is 16.4. The van der Waals surface area contributed by atoms with Crippen LogP contribution in [0.1, 0.15) is 57.4 Å². The van der Waals surface area contributed by atoms with E-state index < -0.39 is 5.60 Å². The van der Waals surface area contributed by atoms with Gasteiger partial charge in [-0.25, -0.2) is 4.98 Å². The smallest absolute Gasteiger partial charge is 0.308 e. The average Bonchev–Trinajstić information content (AvgIpc) is 3.02. The number of unbranched alkanes of at least 4 members (excludes halogenated alkanes) is 1. The van der Waals surface area contributed by atoms with Gasteiger partial charge in [0.05, 0.1) is 12.5 Å². The van der Waals surface area contributed by atoms with Crippen LogP contribution in [-0.4, -0.2) is 22.7 Å². The lowest BCUT2D eigenvalue weighted by molar-refractivity contribution is -0.151. The minimum absolute atomic E-state index is 0.00482. The molecule has 0 saturated heterocycles. The van der Waals surface area contributed by atoms with Gasteiger partial charge >= 0.3 is 5.97 Å². The zero-order chi connectivity index (χ0) is 15.3. The molecule has 1 heterocycles. The van der Waals surface area contributed by atoms with Gasteiger partial charge in [0.25, 0.3) is 0 Å². The number of rotatable bonds is 6. The normalized spacial score (nSPS) is 25.3. The number of carbonyl (C=O) groups excluding carboxylic acids is 1. The van der Waals surface area contributed by atoms with E-state index in [4.69, 9.17) is 4.74 Å². The van der Waals surface area contributed by atoms with Crippen molar-refractivity contribution in [3.8, 4) is 0 Å². The summed E-state index contributed by atoms with van der Waals surface area (Å²) in [6.45, 7) is 4.46. The van der Waals surface area contributed by atoms with Crippen molar-refractivity contribution in [2.75, 3.05) is 6.61 Å². The van der Waals surface area contributed by atoms with Gasteiger partial charge in [-0.3, -0.25) is 4.79 Å². The van der Waals surface area contributed by atoms with Crippen LogP contribution in [-0.2, 0) is 15.1 Å². The van der Waals surface area contributed by atoms with Crippen LogP contribution in [0.4, 0.5) is 0 Å². The summed E-state index contributed by atoms with van der Waals surface area (Å²) in [7, 11) is 0. The maximum atomic E-state index is 12.0. The van der Waals surface area contributed by atoms with E-state index in [1.165, 1.54) is 11.3 Å². The lowest BCUT2D eigenvalue weighted by atomic mass is 9.74. The van der Waals surface area contributed by atoms with Gasteiger partial charge in [0.1, 0.15) is 10.6 Å². The molecule has 0 radical (unpaired) electrons. The first-order chi connectivity index (χ1) is 10.1. The number of aromatic nitrogens is 1. The second-order valence-corrected chi connectivity index (χ2v) is 6.95. The Bertz CT molecular complexity index is 436. The van der Waals surface area contributed by atoms with Crippen molar-refractivity contribution in [3.05, 3.63) is 16.6 Å². The molecule has 1 saturated carbocycles. The highest BCUT2D eigenvalue weighted by Gasteiger charge is 2.39. The van der Waals surface area contributed by atoms with Crippen molar-refractivity contribution in [1.82, 2.24) is 4.98 Å². The summed E-state index contributed by atoms with van der Waals surface area (Å²) in [6.07, 6.45) is 7.00. The molecule has 1 N–H and O–H groups in total. The molecular formula is C16H25NO3S. The second-order valence-electron chi connectivity index (χ2n) is 6.05. The highest BCUT2D eigenvalue weighted by Crippen LogP contribution is 2.41. The van der Waals surface area contributed by atoms with Crippen LogP contribution in [0.25, 0.3) is 0 Å². The van der Waals surface area contributed by atoms with Crippen LogP contribution in [0.5, 0.6) is 0 Å². The summed E-state index contributed by atoms with van der Waals surface area (Å²) in [5.41, 5.74) is -0.884. The van der Waals surface area contributed by atoms with Crippen LogP contribution >= 0.6 is 11.3 Å². The fourth-order valence-corrected chi connectivity index (χ4v) is 3.75. The molecular weight excluding hydrogens is 286 g/mol. The van der Waals surface area contributed by atoms with E-state index >= 15 is 0 Å². The molecule has 1 aliphatic rings. The van der Waals surface area contributed by atoms with Gasteiger partial charge < -0.3 is 9.84 Å². The van der Waals surface area contributed by atoms with E-state index in [0.717, 1.165) is 43.5 Å². The Morgan fingerprint density at radius 3 is 2.76 bits per heavy atom. The predicted octanol–water partition coefficient (Wildman–Crippen LogP) is 3.50. The first-order valence-corrected chi connectivity index (χ1v) is 8.72. The Labute approximate surface area is 130 Å². The lowest BCUT2D eigenvalue weighted by Gasteiger charge is -2.36. The summed E-state index contributed by atoms with van der Waals surface area (Å²) in [6, 6.07) is 0. The van der Waals surface area contributed by atoms with E-state index in [9.17, 15) is 9.90 Å². The number of ether oxygens (including phenoxy) is 1. The Hall–Kier alpha value is -0.940. The summed E-state index contributed by atoms with van der Waals surface area (Å²) >= 11 is 1.49. The molecule has 0 spiro atoms. The van der Waals surface area contributed by atoms with Crippen LogP contribution in [0.15, 0.2) is 11.6 Å². The SMILES string of the molecule is CCCCOC(=O)C1CCC([C@@](C)(O)c2nccs2)CC1. The zero-order valence-electron chi connectivity index (χ0n) is 12.9. The molecule has 0 bridgehead atoms. The molecule has 0 amide bonds. The molecule has 0 aliphatic heterocycles. The minimum atomic E-state index is -0.884. The maximum Gasteiger partial charge on any atom is 0.308 e. The molecule has 0 aromatic carbocycles. The number of nitrogens with zero attached hydrogens (tertiary/aromatic N) is 1. The van der Waals surface area contributed by atoms with E-state index in [0.29, 0.717) is 6.61 Å². The molecule has 1 atom stereocenters. The van der Waals surface area contributed by atoms with Gasteiger partial charge in [-0.15, -0.1) is 11.3 Å². The van der Waals surface area contributed by atoms with Crippen LogP contribution in [0, 0.1) is 11.8 Å². The molecule has 1 aromatic rings. The number of thiazole rings is 1. The van der Waals surface area contributed by atoms with Gasteiger partial charge in [-0.2, -0.15) is 0 Å². The van der Waals surface area contributed by atoms with E-state index in [-0.39, 0.29) is 17.8 Å². The van der Waals surface area contributed by atoms with Crippen molar-refractivity contribution >= 4 is 17.3 Å². The second kappa shape index (κ2) is 7.36. The van der Waals surface area contributed by atoms with Crippen LogP contribution in [0.3, 0.4) is 0 Å². The van der Waals surface area contributed by atoms with Gasteiger partial charge in [0, 0.05) is 11.6 Å². The average molecular weight is 311 g/mol. The number of hydrogen-bond acceptors (Lipinski definition) is 5. The van der Waals surface area contributed by atoms with Crippen LogP contribution in [0.2, 0.25) is 0 Å². The monoisotopic (exact) mass is 311 g/mol. The molecule has 5 heteroatoms. The quantitative estimate of drug-likeness (QED) is 0.645. The van der Waals surface area contributed by atoms with Crippen LogP contribution < -0.4 is 0 Å². The summed E-state index contributed by atoms with van der Waals surface area (Å²) in [4.78, 5) is 16.2. The molecule has 118 valence electrons. The Kier molecular flexibility index (Phi) is 5.76.